The van der Waals surface area contributed by atoms with Gasteiger partial charge in [-0.05, 0) is 5.92 Å². The highest BCUT2D eigenvalue weighted by Gasteiger charge is 2.01. The number of unbranched alkanes of at least 4 members (excludes halogenated alkanes) is 13. The van der Waals surface area contributed by atoms with Crippen LogP contribution in [0.1, 0.15) is 130 Å². The lowest BCUT2D eigenvalue weighted by atomic mass is 9.96. The summed E-state index contributed by atoms with van der Waals surface area (Å²) in [4.78, 5) is 0. The van der Waals surface area contributed by atoms with Gasteiger partial charge in [0.25, 0.3) is 0 Å². The Hall–Kier alpha value is 0. The molecule has 0 unspecified atom stereocenters. The molecule has 0 fully saturated rings. The molecule has 0 amide bonds. The Kier molecular flexibility index (Phi) is 18.1. The minimum absolute atomic E-state index is 0.972. The minimum atomic E-state index is 0.972. The summed E-state index contributed by atoms with van der Waals surface area (Å²) >= 11 is 0. The van der Waals surface area contributed by atoms with Crippen molar-refractivity contribution in [2.24, 2.45) is 5.92 Å². The molecule has 0 aromatic rings. The van der Waals surface area contributed by atoms with Gasteiger partial charge in [0.05, 0.1) is 0 Å². The van der Waals surface area contributed by atoms with Crippen LogP contribution >= 0.6 is 0 Å². The Balaban J connectivity index is 3.05. The van der Waals surface area contributed by atoms with E-state index in [0.717, 1.165) is 5.92 Å². The van der Waals surface area contributed by atoms with Gasteiger partial charge in [-0.15, -0.1) is 0 Å². The van der Waals surface area contributed by atoms with Gasteiger partial charge in [-0.1, -0.05) is 130 Å². The largest absolute Gasteiger partial charge is 0.0654 e. The lowest BCUT2D eigenvalue weighted by Gasteiger charge is -2.10. The van der Waals surface area contributed by atoms with Crippen LogP contribution < -0.4 is 0 Å². The van der Waals surface area contributed by atoms with Crippen molar-refractivity contribution in [1.29, 1.82) is 0 Å². The quantitative estimate of drug-likeness (QED) is 0.237. The Labute approximate surface area is 136 Å². The molecule has 0 radical (unpaired) electrons. The highest BCUT2D eigenvalue weighted by atomic mass is 14.1. The Morgan fingerprint density at radius 2 is 0.714 bits per heavy atom. The third kappa shape index (κ3) is 18.0. The van der Waals surface area contributed by atoms with Gasteiger partial charge in [0.15, 0.2) is 0 Å². The van der Waals surface area contributed by atoms with E-state index in [1.165, 1.54) is 109 Å². The van der Waals surface area contributed by atoms with E-state index in [2.05, 4.69) is 20.8 Å². The van der Waals surface area contributed by atoms with E-state index in [4.69, 9.17) is 0 Å². The van der Waals surface area contributed by atoms with Crippen molar-refractivity contribution in [2.75, 3.05) is 0 Å². The van der Waals surface area contributed by atoms with Gasteiger partial charge in [-0.2, -0.15) is 0 Å². The van der Waals surface area contributed by atoms with Crippen LogP contribution in [0.5, 0.6) is 0 Å². The van der Waals surface area contributed by atoms with Crippen molar-refractivity contribution < 1.29 is 0 Å². The van der Waals surface area contributed by atoms with Crippen LogP contribution in [0.2, 0.25) is 0 Å². The third-order valence-electron chi connectivity index (χ3n) is 4.85. The average Bonchev–Trinajstić information content (AvgIpc) is 2.48. The maximum absolute atomic E-state index is 2.45. The fourth-order valence-electron chi connectivity index (χ4n) is 3.22. The van der Waals surface area contributed by atoms with Gasteiger partial charge >= 0.3 is 0 Å². The van der Waals surface area contributed by atoms with E-state index in [1.807, 2.05) is 0 Å². The van der Waals surface area contributed by atoms with Gasteiger partial charge < -0.3 is 0 Å². The smallest absolute Gasteiger partial charge is 0.0443 e. The van der Waals surface area contributed by atoms with E-state index in [-0.39, 0.29) is 0 Å². The fourth-order valence-corrected chi connectivity index (χ4v) is 3.22. The third-order valence-corrected chi connectivity index (χ3v) is 4.85. The Morgan fingerprint density at radius 3 is 1.14 bits per heavy atom. The summed E-state index contributed by atoms with van der Waals surface area (Å²) in [7, 11) is 0. The molecule has 1 atom stereocenters. The maximum atomic E-state index is 2.45. The molecule has 0 nitrogen and oxygen atoms in total. The lowest BCUT2D eigenvalue weighted by molar-refractivity contribution is 0.435. The van der Waals surface area contributed by atoms with E-state index >= 15 is 0 Å². The second-order valence-corrected chi connectivity index (χ2v) is 7.28. The molecule has 128 valence electrons. The molecule has 0 N–H and O–H groups in total. The predicted molar refractivity (Wildman–Crippen MR) is 99.0 cm³/mol. The molecule has 0 aliphatic carbocycles. The SMILES string of the molecule is CCCCCCCCCCCCCC[C@H](C)CCCCC. The van der Waals surface area contributed by atoms with Gasteiger partial charge in [-0.3, -0.25) is 0 Å². The molecular weight excluding hydrogens is 252 g/mol. The predicted octanol–water partition coefficient (Wildman–Crippen LogP) is 8.29. The molecule has 0 bridgehead atoms. The van der Waals surface area contributed by atoms with Gasteiger partial charge in [0.1, 0.15) is 0 Å². The maximum Gasteiger partial charge on any atom is -0.0443 e. The monoisotopic (exact) mass is 296 g/mol. The normalized spacial score (nSPS) is 12.7. The van der Waals surface area contributed by atoms with E-state index in [1.54, 1.807) is 0 Å². The molecule has 0 saturated heterocycles. The van der Waals surface area contributed by atoms with Crippen molar-refractivity contribution in [1.82, 2.24) is 0 Å². The van der Waals surface area contributed by atoms with E-state index < -0.39 is 0 Å². The topological polar surface area (TPSA) is 0 Å². The second-order valence-electron chi connectivity index (χ2n) is 7.28. The van der Waals surface area contributed by atoms with Gasteiger partial charge in [0, 0.05) is 0 Å². The highest BCUT2D eigenvalue weighted by Crippen LogP contribution is 2.18. The van der Waals surface area contributed by atoms with Crippen LogP contribution in [0, 0.1) is 5.92 Å². The number of rotatable bonds is 17. The van der Waals surface area contributed by atoms with Crippen LogP contribution in [0.15, 0.2) is 0 Å². The van der Waals surface area contributed by atoms with Crippen molar-refractivity contribution in [3.63, 3.8) is 0 Å². The zero-order chi connectivity index (χ0) is 15.6. The molecule has 0 saturated carbocycles. The summed E-state index contributed by atoms with van der Waals surface area (Å²) in [6.45, 7) is 7.05. The minimum Gasteiger partial charge on any atom is -0.0654 e. The van der Waals surface area contributed by atoms with E-state index in [9.17, 15) is 0 Å². The van der Waals surface area contributed by atoms with Crippen molar-refractivity contribution in [3.05, 3.63) is 0 Å². The van der Waals surface area contributed by atoms with E-state index in [0.29, 0.717) is 0 Å². The first kappa shape index (κ1) is 21.0. The summed E-state index contributed by atoms with van der Waals surface area (Å²) in [5.41, 5.74) is 0. The van der Waals surface area contributed by atoms with Gasteiger partial charge in [0.2, 0.25) is 0 Å². The average molecular weight is 297 g/mol. The zero-order valence-electron chi connectivity index (χ0n) is 15.6. The molecule has 0 aliphatic rings. The zero-order valence-corrected chi connectivity index (χ0v) is 15.6. The number of hydrogen-bond acceptors (Lipinski definition) is 0. The van der Waals surface area contributed by atoms with Crippen LogP contribution in [-0.2, 0) is 0 Å². The Bertz CT molecular complexity index is 173. The molecule has 0 heterocycles. The second kappa shape index (κ2) is 18.1. The van der Waals surface area contributed by atoms with Crippen LogP contribution in [0.4, 0.5) is 0 Å². The van der Waals surface area contributed by atoms with Gasteiger partial charge in [-0.25, -0.2) is 0 Å². The lowest BCUT2D eigenvalue weighted by Crippen LogP contribution is -1.94. The first-order valence-corrected chi connectivity index (χ1v) is 10.3. The first-order chi connectivity index (χ1) is 10.3. The highest BCUT2D eigenvalue weighted by molar-refractivity contribution is 4.55. The summed E-state index contributed by atoms with van der Waals surface area (Å²) in [6.07, 6.45) is 24.8. The van der Waals surface area contributed by atoms with Crippen LogP contribution in [-0.4, -0.2) is 0 Å². The molecule has 0 aromatic heterocycles. The number of hydrogen-bond donors (Lipinski definition) is 0. The first-order valence-electron chi connectivity index (χ1n) is 10.3. The van der Waals surface area contributed by atoms with Crippen molar-refractivity contribution >= 4 is 0 Å². The fraction of sp³-hybridized carbons (Fsp3) is 1.00. The summed E-state index contributed by atoms with van der Waals surface area (Å²) in [5, 5.41) is 0. The van der Waals surface area contributed by atoms with Crippen molar-refractivity contribution in [2.45, 2.75) is 130 Å². The molecular formula is C21H44. The van der Waals surface area contributed by atoms with Crippen LogP contribution in [0.25, 0.3) is 0 Å². The molecule has 0 rings (SSSR count). The summed E-state index contributed by atoms with van der Waals surface area (Å²) in [5.74, 6) is 0.972. The van der Waals surface area contributed by atoms with Crippen LogP contribution in [0.3, 0.4) is 0 Å². The molecule has 0 aliphatic heterocycles. The molecule has 0 aromatic carbocycles. The van der Waals surface area contributed by atoms with Crippen molar-refractivity contribution in [3.8, 4) is 0 Å². The molecule has 0 heteroatoms. The summed E-state index contributed by atoms with van der Waals surface area (Å²) < 4.78 is 0. The Morgan fingerprint density at radius 1 is 0.429 bits per heavy atom. The summed E-state index contributed by atoms with van der Waals surface area (Å²) in [6, 6.07) is 0. The standard InChI is InChI=1S/C21H44/c1-4-6-8-9-10-11-12-13-14-15-16-18-20-21(3)19-17-7-5-2/h21H,4-20H2,1-3H3/t21-/m1/s1. The molecule has 0 spiro atoms. The molecule has 21 heavy (non-hydrogen) atoms.